The predicted octanol–water partition coefficient (Wildman–Crippen LogP) is 3.77. The van der Waals surface area contributed by atoms with Crippen molar-refractivity contribution in [2.45, 2.75) is 48.5 Å². The summed E-state index contributed by atoms with van der Waals surface area (Å²) < 4.78 is 1.96. The van der Waals surface area contributed by atoms with Gasteiger partial charge in [0.2, 0.25) is 0 Å². The van der Waals surface area contributed by atoms with Crippen LogP contribution in [0.1, 0.15) is 51.7 Å². The number of nitrogens with zero attached hydrogens (tertiary/aromatic N) is 3. The molecule has 0 saturated carbocycles. The van der Waals surface area contributed by atoms with Crippen LogP contribution in [0, 0.1) is 25.7 Å². The van der Waals surface area contributed by atoms with Gasteiger partial charge in [0.15, 0.2) is 5.65 Å². The molecule has 0 fully saturated rings. The first-order valence-corrected chi connectivity index (χ1v) is 6.47. The molecule has 2 aromatic rings. The van der Waals surface area contributed by atoms with Gasteiger partial charge in [0.25, 0.3) is 0 Å². The maximum Gasteiger partial charge on any atom is 0.162 e. The van der Waals surface area contributed by atoms with Crippen LogP contribution < -0.4 is 0 Å². The number of fused-ring (bicyclic) bond motifs is 1. The molecule has 3 heteroatoms. The van der Waals surface area contributed by atoms with E-state index in [0.29, 0.717) is 0 Å². The molecule has 2 aromatic heterocycles. The molecule has 0 aromatic carbocycles. The van der Waals surface area contributed by atoms with Crippen molar-refractivity contribution >= 4 is 5.65 Å². The Labute approximate surface area is 110 Å². The highest BCUT2D eigenvalue weighted by Crippen LogP contribution is 2.10. The lowest BCUT2D eigenvalue weighted by molar-refractivity contribution is 0.997. The second kappa shape index (κ2) is 8.30. The Kier molecular flexibility index (Phi) is 7.46. The maximum absolute atomic E-state index is 4.07. The molecule has 0 aliphatic carbocycles. The molecule has 18 heavy (non-hydrogen) atoms. The second-order valence-corrected chi connectivity index (χ2v) is 3.23. The third kappa shape index (κ3) is 3.59. The zero-order valence-electron chi connectivity index (χ0n) is 12.5. The summed E-state index contributed by atoms with van der Waals surface area (Å²) in [5.41, 5.74) is 2.97. The third-order valence-corrected chi connectivity index (χ3v) is 2.07. The fraction of sp³-hybridized carbons (Fsp3) is 0.467. The fourth-order valence-corrected chi connectivity index (χ4v) is 1.52. The average molecular weight is 245 g/mol. The molecule has 0 radical (unpaired) electrons. The van der Waals surface area contributed by atoms with Crippen LogP contribution in [0.4, 0.5) is 0 Å². The number of aryl methyl sites for hydroxylation is 2. The van der Waals surface area contributed by atoms with E-state index < -0.39 is 0 Å². The quantitative estimate of drug-likeness (QED) is 0.661. The number of rotatable bonds is 0. The molecule has 0 N–H and O–H groups in total. The first-order chi connectivity index (χ1) is 8.72. The van der Waals surface area contributed by atoms with Crippen LogP contribution in [0.2, 0.25) is 0 Å². The van der Waals surface area contributed by atoms with Crippen LogP contribution in [0.25, 0.3) is 5.65 Å². The van der Waals surface area contributed by atoms with Crippen molar-refractivity contribution in [1.29, 1.82) is 0 Å². The Morgan fingerprint density at radius 2 is 1.61 bits per heavy atom. The molecule has 0 amide bonds. The minimum absolute atomic E-state index is 0.861. The monoisotopic (exact) mass is 245 g/mol. The van der Waals surface area contributed by atoms with Crippen molar-refractivity contribution in [3.63, 3.8) is 0 Å². The molecule has 0 atom stereocenters. The summed E-state index contributed by atoms with van der Waals surface area (Å²) in [4.78, 5) is 0. The third-order valence-electron chi connectivity index (χ3n) is 2.07. The van der Waals surface area contributed by atoms with Crippen molar-refractivity contribution in [3.05, 3.63) is 29.2 Å². The summed E-state index contributed by atoms with van der Waals surface area (Å²) in [6.45, 7) is 13.8. The van der Waals surface area contributed by atoms with Gasteiger partial charge in [-0.25, -0.2) is 0 Å². The van der Waals surface area contributed by atoms with Crippen molar-refractivity contribution in [3.8, 4) is 11.8 Å². The minimum atomic E-state index is 0.861. The van der Waals surface area contributed by atoms with E-state index in [1.807, 2.05) is 65.0 Å². The van der Waals surface area contributed by atoms with E-state index in [9.17, 15) is 0 Å². The number of hydrogen-bond donors (Lipinski definition) is 0. The van der Waals surface area contributed by atoms with Gasteiger partial charge in [-0.15, -0.1) is 10.2 Å². The molecular formula is C15H23N3. The maximum atomic E-state index is 4.07. The molecule has 3 nitrogen and oxygen atoms in total. The van der Waals surface area contributed by atoms with Gasteiger partial charge in [-0.3, -0.25) is 4.40 Å². The Hall–Kier alpha value is -1.82. The van der Waals surface area contributed by atoms with Gasteiger partial charge in [0.1, 0.15) is 5.82 Å². The van der Waals surface area contributed by atoms with E-state index in [-0.39, 0.29) is 0 Å². The lowest BCUT2D eigenvalue weighted by atomic mass is 10.2. The SMILES string of the molecule is CC.CC.CC#Cc1cc(C)cc2nnc(C)n12. The molecule has 2 heterocycles. The summed E-state index contributed by atoms with van der Waals surface area (Å²) in [5, 5.41) is 8.09. The van der Waals surface area contributed by atoms with Crippen molar-refractivity contribution in [2.75, 3.05) is 0 Å². The van der Waals surface area contributed by atoms with E-state index >= 15 is 0 Å². The summed E-state index contributed by atoms with van der Waals surface area (Å²) in [6, 6.07) is 4.04. The number of aromatic nitrogens is 3. The highest BCUT2D eigenvalue weighted by molar-refractivity contribution is 5.47. The smallest absolute Gasteiger partial charge is 0.162 e. The normalized spacial score (nSPS) is 8.39. The first kappa shape index (κ1) is 16.2. The summed E-state index contributed by atoms with van der Waals surface area (Å²) in [7, 11) is 0. The van der Waals surface area contributed by atoms with Crippen LogP contribution in [0.3, 0.4) is 0 Å². The molecular weight excluding hydrogens is 222 g/mol. The fourth-order valence-electron chi connectivity index (χ4n) is 1.52. The Bertz CT molecular complexity index is 542. The van der Waals surface area contributed by atoms with Crippen LogP contribution >= 0.6 is 0 Å². The molecule has 2 rings (SSSR count). The minimum Gasteiger partial charge on any atom is -0.272 e. The summed E-state index contributed by atoms with van der Waals surface area (Å²) in [6.07, 6.45) is 0. The van der Waals surface area contributed by atoms with E-state index in [2.05, 4.69) is 22.0 Å². The largest absolute Gasteiger partial charge is 0.272 e. The zero-order chi connectivity index (χ0) is 14.1. The van der Waals surface area contributed by atoms with E-state index in [1.54, 1.807) is 0 Å². The number of pyridine rings is 1. The van der Waals surface area contributed by atoms with Crippen molar-refractivity contribution in [2.24, 2.45) is 0 Å². The molecule has 0 aliphatic heterocycles. The number of hydrogen-bond acceptors (Lipinski definition) is 2. The Morgan fingerprint density at radius 1 is 1.00 bits per heavy atom. The van der Waals surface area contributed by atoms with Gasteiger partial charge >= 0.3 is 0 Å². The highest BCUT2D eigenvalue weighted by atomic mass is 15.2. The van der Waals surface area contributed by atoms with Crippen LogP contribution in [0.15, 0.2) is 12.1 Å². The van der Waals surface area contributed by atoms with Crippen molar-refractivity contribution < 1.29 is 0 Å². The Balaban J connectivity index is 0.000000659. The van der Waals surface area contributed by atoms with E-state index in [1.165, 1.54) is 0 Å². The van der Waals surface area contributed by atoms with E-state index in [0.717, 1.165) is 22.7 Å². The van der Waals surface area contributed by atoms with Gasteiger partial charge in [0.05, 0.1) is 5.69 Å². The first-order valence-electron chi connectivity index (χ1n) is 6.47. The lowest BCUT2D eigenvalue weighted by Crippen LogP contribution is -1.95. The Morgan fingerprint density at radius 3 is 2.17 bits per heavy atom. The van der Waals surface area contributed by atoms with Crippen molar-refractivity contribution in [1.82, 2.24) is 14.6 Å². The van der Waals surface area contributed by atoms with Gasteiger partial charge in [0, 0.05) is 0 Å². The zero-order valence-corrected chi connectivity index (χ0v) is 12.5. The van der Waals surface area contributed by atoms with Crippen LogP contribution in [-0.4, -0.2) is 14.6 Å². The lowest BCUT2D eigenvalue weighted by Gasteiger charge is -2.00. The van der Waals surface area contributed by atoms with E-state index in [4.69, 9.17) is 0 Å². The molecule has 0 unspecified atom stereocenters. The highest BCUT2D eigenvalue weighted by Gasteiger charge is 2.04. The van der Waals surface area contributed by atoms with Gasteiger partial charge < -0.3 is 0 Å². The molecule has 98 valence electrons. The molecule has 0 bridgehead atoms. The standard InChI is InChI=1S/C11H11N3.2C2H6/c1-4-5-10-6-8(2)7-11-13-12-9(3)14(10)11;2*1-2/h6-7H,1-3H3;2*1-2H3. The average Bonchev–Trinajstić information content (AvgIpc) is 2.76. The van der Waals surface area contributed by atoms with Crippen LogP contribution in [-0.2, 0) is 0 Å². The topological polar surface area (TPSA) is 30.2 Å². The molecule has 0 aliphatic rings. The van der Waals surface area contributed by atoms with Gasteiger partial charge in [-0.05, 0) is 44.4 Å². The van der Waals surface area contributed by atoms with Gasteiger partial charge in [-0.2, -0.15) is 0 Å². The summed E-state index contributed by atoms with van der Waals surface area (Å²) >= 11 is 0. The van der Waals surface area contributed by atoms with Crippen LogP contribution in [0.5, 0.6) is 0 Å². The predicted molar refractivity (Wildman–Crippen MR) is 77.7 cm³/mol. The molecule has 0 saturated heterocycles. The molecule has 0 spiro atoms. The second-order valence-electron chi connectivity index (χ2n) is 3.23. The van der Waals surface area contributed by atoms with Gasteiger partial charge in [-0.1, -0.05) is 33.6 Å². The summed E-state index contributed by atoms with van der Waals surface area (Å²) in [5.74, 6) is 6.82.